The molecule has 0 N–H and O–H groups in total. The van der Waals surface area contributed by atoms with Crippen LogP contribution in [0, 0.1) is 0 Å². The molecule has 1 saturated heterocycles. The van der Waals surface area contributed by atoms with Crippen molar-refractivity contribution in [3.05, 3.63) is 64.7 Å². The third-order valence-electron chi connectivity index (χ3n) is 6.13. The van der Waals surface area contributed by atoms with Gasteiger partial charge in [0.2, 0.25) is 0 Å². The third kappa shape index (κ3) is 2.42. The van der Waals surface area contributed by atoms with E-state index in [1.54, 1.807) is 10.6 Å². The number of benzene rings is 1. The summed E-state index contributed by atoms with van der Waals surface area (Å²) >= 11 is 6.03. The van der Waals surface area contributed by atoms with Crippen LogP contribution in [0.3, 0.4) is 0 Å². The predicted molar refractivity (Wildman–Crippen MR) is 106 cm³/mol. The van der Waals surface area contributed by atoms with Crippen molar-refractivity contribution in [1.29, 1.82) is 0 Å². The first-order valence-corrected chi connectivity index (χ1v) is 9.97. The summed E-state index contributed by atoms with van der Waals surface area (Å²) < 4.78 is 4.28. The van der Waals surface area contributed by atoms with Crippen LogP contribution >= 0.6 is 11.6 Å². The Morgan fingerprint density at radius 1 is 1.07 bits per heavy atom. The number of hydrogen-bond donors (Lipinski definition) is 0. The second kappa shape index (κ2) is 5.81. The Kier molecular flexibility index (Phi) is 3.37. The molecule has 0 atom stereocenters. The van der Waals surface area contributed by atoms with Gasteiger partial charge in [0.1, 0.15) is 5.15 Å². The van der Waals surface area contributed by atoms with Crippen molar-refractivity contribution < 1.29 is 0 Å². The van der Waals surface area contributed by atoms with Gasteiger partial charge in [0.25, 0.3) is 0 Å². The molecule has 0 amide bonds. The molecule has 3 aliphatic rings. The molecule has 1 fully saturated rings. The van der Waals surface area contributed by atoms with E-state index in [0.29, 0.717) is 11.1 Å². The van der Waals surface area contributed by atoms with Crippen LogP contribution < -0.4 is 0 Å². The van der Waals surface area contributed by atoms with E-state index in [0.717, 1.165) is 24.4 Å². The maximum atomic E-state index is 6.03. The zero-order chi connectivity index (χ0) is 18.0. The second-order valence-electron chi connectivity index (χ2n) is 7.71. The van der Waals surface area contributed by atoms with Gasteiger partial charge in [-0.1, -0.05) is 29.8 Å². The molecule has 27 heavy (non-hydrogen) atoms. The number of fused-ring (bicyclic) bond motifs is 4. The van der Waals surface area contributed by atoms with Gasteiger partial charge in [-0.25, -0.2) is 9.50 Å². The molecule has 4 aromatic rings. The maximum Gasteiger partial charge on any atom is 0.153 e. The fourth-order valence-electron chi connectivity index (χ4n) is 4.93. The van der Waals surface area contributed by atoms with Crippen LogP contribution in [-0.2, 0) is 13.1 Å². The molecular weight excluding hydrogens is 358 g/mol. The Hall–Kier alpha value is -2.37. The third-order valence-corrected chi connectivity index (χ3v) is 6.34. The highest BCUT2D eigenvalue weighted by Gasteiger charge is 2.32. The van der Waals surface area contributed by atoms with Crippen LogP contribution in [0.15, 0.2) is 42.6 Å². The van der Waals surface area contributed by atoms with Crippen LogP contribution in [-0.4, -0.2) is 37.2 Å². The molecule has 0 unspecified atom stereocenters. The van der Waals surface area contributed by atoms with Crippen molar-refractivity contribution in [2.45, 2.75) is 31.8 Å². The summed E-state index contributed by atoms with van der Waals surface area (Å²) in [5.74, 6) is 0.649. The van der Waals surface area contributed by atoms with E-state index in [1.807, 2.05) is 12.3 Å². The molecule has 7 rings (SSSR count). The van der Waals surface area contributed by atoms with E-state index in [2.05, 4.69) is 38.8 Å². The van der Waals surface area contributed by atoms with E-state index in [9.17, 15) is 0 Å². The summed E-state index contributed by atoms with van der Waals surface area (Å²) in [6.07, 6.45) is 4.51. The lowest BCUT2D eigenvalue weighted by atomic mass is 9.94. The van der Waals surface area contributed by atoms with Gasteiger partial charge in [-0.3, -0.25) is 4.90 Å². The second-order valence-corrected chi connectivity index (χ2v) is 8.10. The molecule has 0 spiro atoms. The van der Waals surface area contributed by atoms with Gasteiger partial charge in [-0.15, -0.1) is 0 Å². The first kappa shape index (κ1) is 15.7. The first-order chi connectivity index (χ1) is 13.3. The van der Waals surface area contributed by atoms with Crippen molar-refractivity contribution in [2.75, 3.05) is 13.1 Å². The Labute approximate surface area is 162 Å². The average molecular weight is 378 g/mol. The Morgan fingerprint density at radius 2 is 1.93 bits per heavy atom. The summed E-state index contributed by atoms with van der Waals surface area (Å²) in [4.78, 5) is 7.39. The largest absolute Gasteiger partial charge is 0.338 e. The molecule has 2 bridgehead atoms. The Morgan fingerprint density at radius 3 is 2.81 bits per heavy atom. The van der Waals surface area contributed by atoms with E-state index < -0.39 is 0 Å². The minimum atomic E-state index is 0.484. The number of imidazole rings is 1. The fourth-order valence-corrected chi connectivity index (χ4v) is 5.08. The van der Waals surface area contributed by atoms with Crippen molar-refractivity contribution in [1.82, 2.24) is 24.1 Å². The quantitative estimate of drug-likeness (QED) is 0.528. The molecule has 6 heteroatoms. The standard InChI is InChI=1S/C21H20ClN5/c22-19-5-6-20-23-15(12-27(20)24-19)11-26-18-4-2-1-3-16(18)17-13-25-9-7-14(8-10-25)21(17)26/h1-6,12,14H,7-11,13H2. The minimum Gasteiger partial charge on any atom is -0.338 e. The molecule has 0 saturated carbocycles. The first-order valence-electron chi connectivity index (χ1n) is 9.59. The molecule has 3 aliphatic heterocycles. The number of hydrogen-bond acceptors (Lipinski definition) is 3. The zero-order valence-corrected chi connectivity index (χ0v) is 15.7. The molecule has 5 nitrogen and oxygen atoms in total. The van der Waals surface area contributed by atoms with Crippen molar-refractivity contribution in [2.24, 2.45) is 0 Å². The molecule has 0 radical (unpaired) electrons. The highest BCUT2D eigenvalue weighted by atomic mass is 35.5. The maximum absolute atomic E-state index is 6.03. The molecule has 6 heterocycles. The number of rotatable bonds is 2. The molecule has 1 aromatic carbocycles. The minimum absolute atomic E-state index is 0.484. The Balaban J connectivity index is 1.53. The molecular formula is C21H20ClN5. The van der Waals surface area contributed by atoms with Gasteiger partial charge >= 0.3 is 0 Å². The van der Waals surface area contributed by atoms with Gasteiger partial charge in [0.15, 0.2) is 5.65 Å². The van der Waals surface area contributed by atoms with E-state index >= 15 is 0 Å². The van der Waals surface area contributed by atoms with E-state index in [-0.39, 0.29) is 0 Å². The summed E-state index contributed by atoms with van der Waals surface area (Å²) in [5.41, 5.74) is 6.23. The number of halogens is 1. The monoisotopic (exact) mass is 377 g/mol. The zero-order valence-electron chi connectivity index (χ0n) is 15.0. The number of aromatic nitrogens is 4. The number of para-hydroxylation sites is 1. The molecule has 3 aromatic heterocycles. The summed E-state index contributed by atoms with van der Waals surface area (Å²) in [7, 11) is 0. The summed E-state index contributed by atoms with van der Waals surface area (Å²) in [5, 5.41) is 6.22. The average Bonchev–Trinajstić information content (AvgIpc) is 3.08. The lowest BCUT2D eigenvalue weighted by molar-refractivity contribution is 0.219. The van der Waals surface area contributed by atoms with Crippen molar-refractivity contribution in [3.63, 3.8) is 0 Å². The molecule has 136 valence electrons. The van der Waals surface area contributed by atoms with Gasteiger partial charge < -0.3 is 4.57 Å². The predicted octanol–water partition coefficient (Wildman–Crippen LogP) is 4.08. The van der Waals surface area contributed by atoms with Crippen LogP contribution in [0.2, 0.25) is 5.15 Å². The van der Waals surface area contributed by atoms with E-state index in [1.165, 1.54) is 48.1 Å². The lowest BCUT2D eigenvalue weighted by Crippen LogP contribution is -2.29. The van der Waals surface area contributed by atoms with Crippen LogP contribution in [0.25, 0.3) is 16.6 Å². The highest BCUT2D eigenvalue weighted by Crippen LogP contribution is 2.41. The topological polar surface area (TPSA) is 38.4 Å². The normalized spacial score (nSPS) is 21.7. The van der Waals surface area contributed by atoms with Gasteiger partial charge in [-0.05, 0) is 49.7 Å². The van der Waals surface area contributed by atoms with Gasteiger partial charge in [-0.2, -0.15) is 5.10 Å². The number of piperidine rings is 1. The van der Waals surface area contributed by atoms with Crippen LogP contribution in [0.4, 0.5) is 0 Å². The Bertz CT molecular complexity index is 1170. The fraction of sp³-hybridized carbons (Fsp3) is 0.333. The summed E-state index contributed by atoms with van der Waals surface area (Å²) in [6.45, 7) is 4.27. The van der Waals surface area contributed by atoms with Crippen molar-refractivity contribution in [3.8, 4) is 0 Å². The number of nitrogens with zero attached hydrogens (tertiary/aromatic N) is 5. The van der Waals surface area contributed by atoms with Crippen molar-refractivity contribution >= 4 is 28.2 Å². The van der Waals surface area contributed by atoms with E-state index in [4.69, 9.17) is 16.6 Å². The van der Waals surface area contributed by atoms with Crippen LogP contribution in [0.1, 0.15) is 35.7 Å². The van der Waals surface area contributed by atoms with Crippen LogP contribution in [0.5, 0.6) is 0 Å². The molecule has 0 aliphatic carbocycles. The van der Waals surface area contributed by atoms with Gasteiger partial charge in [0.05, 0.1) is 18.4 Å². The summed E-state index contributed by atoms with van der Waals surface area (Å²) in [6, 6.07) is 12.5. The highest BCUT2D eigenvalue weighted by molar-refractivity contribution is 6.29. The van der Waals surface area contributed by atoms with Gasteiger partial charge in [0, 0.05) is 29.1 Å². The smallest absolute Gasteiger partial charge is 0.153 e. The lowest BCUT2D eigenvalue weighted by Gasteiger charge is -2.27. The SMILES string of the molecule is Clc1ccc2nc(Cn3c4c(c5ccccc53)CN3CCC4CC3)cn2n1.